The number of hydrogen-bond acceptors (Lipinski definition) is 2. The van der Waals surface area contributed by atoms with Gasteiger partial charge < -0.3 is 10.2 Å². The maximum Gasteiger partial charge on any atom is 0.0550 e. The van der Waals surface area contributed by atoms with Gasteiger partial charge in [0.05, 0.1) is 13.2 Å². The zero-order chi connectivity index (χ0) is 12.2. The summed E-state index contributed by atoms with van der Waals surface area (Å²) >= 11 is 0. The number of rotatable bonds is 5. The summed E-state index contributed by atoms with van der Waals surface area (Å²) in [5.74, 6) is 0.445. The summed E-state index contributed by atoms with van der Waals surface area (Å²) < 4.78 is 0. The zero-order valence-electron chi connectivity index (χ0n) is 10.4. The largest absolute Gasteiger partial charge is 0.395 e. The zero-order valence-corrected chi connectivity index (χ0v) is 10.4. The van der Waals surface area contributed by atoms with Crippen molar-refractivity contribution >= 4 is 0 Å². The molecule has 2 N–H and O–H groups in total. The van der Waals surface area contributed by atoms with Crippen LogP contribution in [0.2, 0.25) is 0 Å². The van der Waals surface area contributed by atoms with E-state index in [0.29, 0.717) is 5.92 Å². The summed E-state index contributed by atoms with van der Waals surface area (Å²) in [6.45, 7) is 6.23. The number of aliphatic hydroxyl groups is 2. The van der Waals surface area contributed by atoms with Crippen molar-refractivity contribution in [1.29, 1.82) is 0 Å². The van der Waals surface area contributed by atoms with E-state index < -0.39 is 5.41 Å². The Balaban J connectivity index is 3.04. The van der Waals surface area contributed by atoms with Crippen LogP contribution in [0.5, 0.6) is 0 Å². The Morgan fingerprint density at radius 1 is 1.06 bits per heavy atom. The monoisotopic (exact) mass is 222 g/mol. The molecule has 0 radical (unpaired) electrons. The van der Waals surface area contributed by atoms with Gasteiger partial charge in [0.2, 0.25) is 0 Å². The summed E-state index contributed by atoms with van der Waals surface area (Å²) in [4.78, 5) is 0. The van der Waals surface area contributed by atoms with Crippen molar-refractivity contribution in [2.75, 3.05) is 13.2 Å². The van der Waals surface area contributed by atoms with Crippen molar-refractivity contribution in [2.45, 2.75) is 32.6 Å². The second-order valence-electron chi connectivity index (χ2n) is 5.06. The fourth-order valence-corrected chi connectivity index (χ4v) is 2.17. The van der Waals surface area contributed by atoms with E-state index in [1.165, 1.54) is 5.56 Å². The van der Waals surface area contributed by atoms with Gasteiger partial charge in [0.1, 0.15) is 0 Å². The molecule has 0 aromatic heterocycles. The summed E-state index contributed by atoms with van der Waals surface area (Å²) in [5.41, 5.74) is 1.72. The van der Waals surface area contributed by atoms with Gasteiger partial charge in [-0.1, -0.05) is 43.7 Å². The van der Waals surface area contributed by atoms with Crippen molar-refractivity contribution < 1.29 is 10.2 Å². The minimum Gasteiger partial charge on any atom is -0.395 e. The second kappa shape index (κ2) is 5.46. The van der Waals surface area contributed by atoms with Gasteiger partial charge in [-0.05, 0) is 24.8 Å². The average molecular weight is 222 g/mol. The number of hydrogen-bond donors (Lipinski definition) is 2. The van der Waals surface area contributed by atoms with Gasteiger partial charge in [-0.2, -0.15) is 0 Å². The molecule has 0 fully saturated rings. The molecule has 1 rings (SSSR count). The lowest BCUT2D eigenvalue weighted by Crippen LogP contribution is -2.36. The van der Waals surface area contributed by atoms with E-state index in [-0.39, 0.29) is 13.2 Å². The number of aryl methyl sites for hydroxylation is 1. The van der Waals surface area contributed by atoms with E-state index in [4.69, 9.17) is 0 Å². The van der Waals surface area contributed by atoms with E-state index >= 15 is 0 Å². The first-order valence-corrected chi connectivity index (χ1v) is 5.83. The van der Waals surface area contributed by atoms with Gasteiger partial charge in [0.25, 0.3) is 0 Å². The molecule has 0 aliphatic heterocycles. The topological polar surface area (TPSA) is 40.5 Å². The number of benzene rings is 1. The normalized spacial score (nSPS) is 12.1. The van der Waals surface area contributed by atoms with Gasteiger partial charge >= 0.3 is 0 Å². The highest BCUT2D eigenvalue weighted by Gasteiger charge is 2.31. The van der Waals surface area contributed by atoms with E-state index in [9.17, 15) is 10.2 Å². The maximum absolute atomic E-state index is 9.59. The summed E-state index contributed by atoms with van der Waals surface area (Å²) in [6, 6.07) is 8.06. The van der Waals surface area contributed by atoms with Crippen LogP contribution in [0.3, 0.4) is 0 Å². The van der Waals surface area contributed by atoms with Crippen LogP contribution in [0.15, 0.2) is 24.3 Å². The first-order chi connectivity index (χ1) is 7.54. The van der Waals surface area contributed by atoms with Crippen molar-refractivity contribution in [3.05, 3.63) is 35.4 Å². The Bertz CT molecular complexity index is 310. The fraction of sp³-hybridized carbons (Fsp3) is 0.571. The van der Waals surface area contributed by atoms with E-state index in [1.807, 2.05) is 31.2 Å². The highest BCUT2D eigenvalue weighted by molar-refractivity contribution is 5.29. The molecule has 0 unspecified atom stereocenters. The molecule has 0 aliphatic carbocycles. The van der Waals surface area contributed by atoms with Crippen LogP contribution < -0.4 is 0 Å². The van der Waals surface area contributed by atoms with Crippen LogP contribution in [0.25, 0.3) is 0 Å². The van der Waals surface area contributed by atoms with Gasteiger partial charge in [0.15, 0.2) is 0 Å². The molecular formula is C14H22O2. The molecule has 0 saturated heterocycles. The van der Waals surface area contributed by atoms with Crippen LogP contribution in [0, 0.1) is 12.8 Å². The predicted molar refractivity (Wildman–Crippen MR) is 66.5 cm³/mol. The molecule has 1 aromatic rings. The molecule has 0 spiro atoms. The highest BCUT2D eigenvalue weighted by Crippen LogP contribution is 2.30. The lowest BCUT2D eigenvalue weighted by Gasteiger charge is -2.32. The smallest absolute Gasteiger partial charge is 0.0550 e. The minimum atomic E-state index is -0.498. The molecule has 2 heteroatoms. The first kappa shape index (κ1) is 13.2. The standard InChI is InChI=1S/C14H22O2/c1-11(2)8-14(9-15,10-16)13-6-4-12(3)5-7-13/h4-7,11,15-16H,8-10H2,1-3H3. The second-order valence-corrected chi connectivity index (χ2v) is 5.06. The highest BCUT2D eigenvalue weighted by atomic mass is 16.3. The molecule has 0 saturated carbocycles. The Labute approximate surface area is 97.9 Å². The van der Waals surface area contributed by atoms with Crippen molar-refractivity contribution in [1.82, 2.24) is 0 Å². The third-order valence-corrected chi connectivity index (χ3v) is 3.07. The van der Waals surface area contributed by atoms with Crippen LogP contribution in [0.1, 0.15) is 31.4 Å². The molecule has 2 nitrogen and oxygen atoms in total. The Morgan fingerprint density at radius 3 is 1.94 bits per heavy atom. The molecule has 1 aromatic carbocycles. The van der Waals surface area contributed by atoms with Crippen molar-refractivity contribution in [3.8, 4) is 0 Å². The Kier molecular flexibility index (Phi) is 4.51. The number of aliphatic hydroxyl groups excluding tert-OH is 2. The Hall–Kier alpha value is -0.860. The molecule has 0 amide bonds. The Morgan fingerprint density at radius 2 is 1.56 bits per heavy atom. The minimum absolute atomic E-state index is 0.00919. The molecule has 0 bridgehead atoms. The summed E-state index contributed by atoms with van der Waals surface area (Å²) in [7, 11) is 0. The molecule has 0 heterocycles. The first-order valence-electron chi connectivity index (χ1n) is 5.83. The quantitative estimate of drug-likeness (QED) is 0.802. The van der Waals surface area contributed by atoms with Gasteiger partial charge in [-0.15, -0.1) is 0 Å². The molecular weight excluding hydrogens is 200 g/mol. The van der Waals surface area contributed by atoms with Crippen LogP contribution in [-0.4, -0.2) is 23.4 Å². The molecule has 0 atom stereocenters. The molecule has 90 valence electrons. The third-order valence-electron chi connectivity index (χ3n) is 3.07. The third kappa shape index (κ3) is 2.83. The van der Waals surface area contributed by atoms with E-state index in [1.54, 1.807) is 0 Å². The van der Waals surface area contributed by atoms with Crippen molar-refractivity contribution in [2.24, 2.45) is 5.92 Å². The average Bonchev–Trinajstić information content (AvgIpc) is 2.27. The lowest BCUT2D eigenvalue weighted by atomic mass is 9.75. The van der Waals surface area contributed by atoms with Gasteiger partial charge in [-0.25, -0.2) is 0 Å². The van der Waals surface area contributed by atoms with E-state index in [2.05, 4.69) is 13.8 Å². The van der Waals surface area contributed by atoms with E-state index in [0.717, 1.165) is 12.0 Å². The van der Waals surface area contributed by atoms with Crippen LogP contribution in [0.4, 0.5) is 0 Å². The summed E-state index contributed by atoms with van der Waals surface area (Å²) in [5, 5.41) is 19.2. The molecule has 16 heavy (non-hydrogen) atoms. The molecule has 0 aliphatic rings. The van der Waals surface area contributed by atoms with Crippen LogP contribution in [-0.2, 0) is 5.41 Å². The predicted octanol–water partition coefficient (Wildman–Crippen LogP) is 2.26. The summed E-state index contributed by atoms with van der Waals surface area (Å²) in [6.07, 6.45) is 0.795. The maximum atomic E-state index is 9.59. The lowest BCUT2D eigenvalue weighted by molar-refractivity contribution is 0.0990. The fourth-order valence-electron chi connectivity index (χ4n) is 2.17. The van der Waals surface area contributed by atoms with Crippen molar-refractivity contribution in [3.63, 3.8) is 0 Å². The van der Waals surface area contributed by atoms with Gasteiger partial charge in [-0.3, -0.25) is 0 Å². The van der Waals surface area contributed by atoms with Crippen LogP contribution >= 0.6 is 0 Å². The van der Waals surface area contributed by atoms with Gasteiger partial charge in [0, 0.05) is 5.41 Å². The SMILES string of the molecule is Cc1ccc(C(CO)(CO)CC(C)C)cc1.